The van der Waals surface area contributed by atoms with Crippen LogP contribution >= 0.6 is 11.6 Å². The lowest BCUT2D eigenvalue weighted by Crippen LogP contribution is -2.28. The summed E-state index contributed by atoms with van der Waals surface area (Å²) in [5.41, 5.74) is 4.08. The number of halogens is 1. The highest BCUT2D eigenvalue weighted by Crippen LogP contribution is 2.31. The molecule has 4 aromatic rings. The number of fused-ring (bicyclic) bond motifs is 1. The Morgan fingerprint density at radius 3 is 2.65 bits per heavy atom. The number of rotatable bonds is 9. The number of carbonyl (C=O) groups excluding carboxylic acids is 1. The van der Waals surface area contributed by atoms with Crippen LogP contribution in [0.2, 0.25) is 5.02 Å². The summed E-state index contributed by atoms with van der Waals surface area (Å²) in [6, 6.07) is 18.5. The summed E-state index contributed by atoms with van der Waals surface area (Å²) in [6.45, 7) is 7.24. The molecule has 0 unspecified atom stereocenters. The number of amides is 1. The van der Waals surface area contributed by atoms with Gasteiger partial charge in [-0.3, -0.25) is 9.48 Å². The quantitative estimate of drug-likeness (QED) is 0.275. The van der Waals surface area contributed by atoms with Crippen LogP contribution in [0.15, 0.2) is 60.8 Å². The molecule has 8 heteroatoms. The van der Waals surface area contributed by atoms with E-state index < -0.39 is 0 Å². The second kappa shape index (κ2) is 11.3. The van der Waals surface area contributed by atoms with Gasteiger partial charge < -0.3 is 15.0 Å². The molecule has 1 atom stereocenters. The van der Waals surface area contributed by atoms with Gasteiger partial charge in [0.1, 0.15) is 5.82 Å². The topological polar surface area (TPSA) is 72.3 Å². The molecule has 0 saturated carbocycles. The normalized spacial score (nSPS) is 15.8. The average Bonchev–Trinajstić information content (AvgIpc) is 3.45. The van der Waals surface area contributed by atoms with Crippen molar-refractivity contribution in [2.75, 3.05) is 25.0 Å². The number of likely N-dealkylation sites (tertiary alicyclic amines) is 1. The van der Waals surface area contributed by atoms with Crippen molar-refractivity contribution in [2.24, 2.45) is 0 Å². The molecule has 1 N–H and O–H groups in total. The third-order valence-corrected chi connectivity index (χ3v) is 7.13. The molecule has 0 bridgehead atoms. The Morgan fingerprint density at radius 2 is 1.95 bits per heavy atom. The smallest absolute Gasteiger partial charge is 0.240 e. The number of hydrogen-bond donors (Lipinski definition) is 1. The second-order valence-electron chi connectivity index (χ2n) is 9.66. The van der Waals surface area contributed by atoms with Crippen molar-refractivity contribution in [1.29, 1.82) is 0 Å². The molecule has 0 aliphatic carbocycles. The van der Waals surface area contributed by atoms with Gasteiger partial charge in [-0.05, 0) is 80.3 Å². The highest BCUT2D eigenvalue weighted by atomic mass is 35.5. The zero-order chi connectivity index (χ0) is 25.8. The van der Waals surface area contributed by atoms with Crippen molar-refractivity contribution in [3.05, 3.63) is 71.4 Å². The third-order valence-electron chi connectivity index (χ3n) is 6.88. The Bertz CT molecular complexity index is 1370. The van der Waals surface area contributed by atoms with Crippen molar-refractivity contribution >= 4 is 34.2 Å². The van der Waals surface area contributed by atoms with Gasteiger partial charge in [0, 0.05) is 36.3 Å². The molecule has 1 fully saturated rings. The van der Waals surface area contributed by atoms with Crippen LogP contribution < -0.4 is 10.1 Å². The van der Waals surface area contributed by atoms with Crippen molar-refractivity contribution in [3.63, 3.8) is 0 Å². The number of pyridine rings is 1. The Balaban J connectivity index is 1.39. The van der Waals surface area contributed by atoms with Gasteiger partial charge in [0.05, 0.1) is 24.1 Å². The fourth-order valence-electron chi connectivity index (χ4n) is 4.90. The van der Waals surface area contributed by atoms with Crippen LogP contribution in [-0.2, 0) is 11.3 Å². The molecule has 1 aliphatic heterocycles. The number of benzene rings is 2. The van der Waals surface area contributed by atoms with E-state index in [1.165, 1.54) is 26.3 Å². The van der Waals surface area contributed by atoms with Crippen LogP contribution in [0.25, 0.3) is 22.0 Å². The maximum absolute atomic E-state index is 11.3. The lowest BCUT2D eigenvalue weighted by atomic mass is 10.1. The summed E-state index contributed by atoms with van der Waals surface area (Å²) in [4.78, 5) is 18.2. The van der Waals surface area contributed by atoms with Gasteiger partial charge in [-0.2, -0.15) is 0 Å². The minimum atomic E-state index is -0.143. The molecule has 2 aromatic heterocycles. The largest absolute Gasteiger partial charge is 0.476 e. The first-order valence-electron chi connectivity index (χ1n) is 12.8. The Morgan fingerprint density at radius 1 is 1.14 bits per heavy atom. The maximum atomic E-state index is 11.3. The second-order valence-corrected chi connectivity index (χ2v) is 10.1. The predicted molar refractivity (Wildman–Crippen MR) is 148 cm³/mol. The number of aromatic nitrogens is 3. The van der Waals surface area contributed by atoms with Gasteiger partial charge in [0.2, 0.25) is 11.8 Å². The minimum Gasteiger partial charge on any atom is -0.476 e. The fourth-order valence-corrected chi connectivity index (χ4v) is 5.03. The van der Waals surface area contributed by atoms with Gasteiger partial charge in [0.15, 0.2) is 0 Å². The lowest BCUT2D eigenvalue weighted by molar-refractivity contribution is -0.114. The summed E-state index contributed by atoms with van der Waals surface area (Å²) in [5, 5.41) is 9.25. The number of hydrogen-bond acceptors (Lipinski definition) is 5. The van der Waals surface area contributed by atoms with Gasteiger partial charge in [-0.15, -0.1) is 5.10 Å². The van der Waals surface area contributed by atoms with Crippen LogP contribution in [-0.4, -0.2) is 51.3 Å². The molecule has 1 aliphatic rings. The average molecular weight is 518 g/mol. The molecule has 1 saturated heterocycles. The number of nitrogens with one attached hydrogen (secondary N) is 1. The van der Waals surface area contributed by atoms with Crippen molar-refractivity contribution in [1.82, 2.24) is 19.7 Å². The van der Waals surface area contributed by atoms with E-state index in [2.05, 4.69) is 40.3 Å². The maximum Gasteiger partial charge on any atom is 0.240 e. The van der Waals surface area contributed by atoms with Crippen molar-refractivity contribution < 1.29 is 9.53 Å². The standard InChI is InChI=1S/C29H32ClN5O2/c1-20-5-3-14-34(20)15-4-16-37-29-26-17-23(24-9-13-28(31-18-24)32-21(2)36)8-12-27(26)35(33-29)19-22-6-10-25(30)11-7-22/h6-13,17-18,20H,3-5,14-16,19H2,1-2H3,(H,31,32,36)/t20-/m0/s1. The lowest BCUT2D eigenvalue weighted by Gasteiger charge is -2.20. The summed E-state index contributed by atoms with van der Waals surface area (Å²) in [7, 11) is 0. The first-order valence-corrected chi connectivity index (χ1v) is 13.2. The molecule has 3 heterocycles. The first-order chi connectivity index (χ1) is 18.0. The van der Waals surface area contributed by atoms with Crippen LogP contribution in [0.4, 0.5) is 5.82 Å². The third kappa shape index (κ3) is 6.12. The van der Waals surface area contributed by atoms with E-state index in [0.717, 1.165) is 40.6 Å². The van der Waals surface area contributed by atoms with E-state index in [-0.39, 0.29) is 5.91 Å². The fraction of sp³-hybridized carbons (Fsp3) is 0.345. The highest BCUT2D eigenvalue weighted by molar-refractivity contribution is 6.30. The number of carbonyl (C=O) groups is 1. The molecule has 2 aromatic carbocycles. The number of anilines is 1. The van der Waals surface area contributed by atoms with Crippen LogP contribution in [0, 0.1) is 0 Å². The summed E-state index contributed by atoms with van der Waals surface area (Å²) in [5.74, 6) is 1.03. The molecular weight excluding hydrogens is 486 g/mol. The SMILES string of the molecule is CC(=O)Nc1ccc(-c2ccc3c(c2)c(OCCCN2CCC[C@@H]2C)nn3Cc2ccc(Cl)cc2)cn1. The van der Waals surface area contributed by atoms with E-state index in [0.29, 0.717) is 35.9 Å². The van der Waals surface area contributed by atoms with Crippen molar-refractivity contribution in [3.8, 4) is 17.0 Å². The molecular formula is C29H32ClN5O2. The Kier molecular flexibility index (Phi) is 7.72. The molecule has 0 spiro atoms. The molecule has 0 radical (unpaired) electrons. The van der Waals surface area contributed by atoms with Gasteiger partial charge in [-0.1, -0.05) is 29.8 Å². The highest BCUT2D eigenvalue weighted by Gasteiger charge is 2.19. The Hall–Kier alpha value is -3.42. The summed E-state index contributed by atoms with van der Waals surface area (Å²) >= 11 is 6.08. The van der Waals surface area contributed by atoms with E-state index >= 15 is 0 Å². The van der Waals surface area contributed by atoms with E-state index in [4.69, 9.17) is 21.4 Å². The molecule has 192 valence electrons. The predicted octanol–water partition coefficient (Wildman–Crippen LogP) is 6.01. The first kappa shape index (κ1) is 25.2. The van der Waals surface area contributed by atoms with Crippen LogP contribution in [0.1, 0.15) is 38.7 Å². The van der Waals surface area contributed by atoms with Crippen molar-refractivity contribution in [2.45, 2.75) is 45.7 Å². The summed E-state index contributed by atoms with van der Waals surface area (Å²) in [6.07, 6.45) is 5.29. The number of ether oxygens (including phenoxy) is 1. The van der Waals surface area contributed by atoms with Gasteiger partial charge in [0.25, 0.3) is 0 Å². The summed E-state index contributed by atoms with van der Waals surface area (Å²) < 4.78 is 8.25. The van der Waals surface area contributed by atoms with Crippen LogP contribution in [0.5, 0.6) is 5.88 Å². The molecule has 7 nitrogen and oxygen atoms in total. The van der Waals surface area contributed by atoms with E-state index in [9.17, 15) is 4.79 Å². The van der Waals surface area contributed by atoms with E-state index in [1.807, 2.05) is 41.1 Å². The molecule has 37 heavy (non-hydrogen) atoms. The van der Waals surface area contributed by atoms with Gasteiger partial charge in [-0.25, -0.2) is 4.98 Å². The molecule has 5 rings (SSSR count). The zero-order valence-corrected chi connectivity index (χ0v) is 22.0. The number of nitrogens with zero attached hydrogens (tertiary/aromatic N) is 4. The van der Waals surface area contributed by atoms with Gasteiger partial charge >= 0.3 is 0 Å². The van der Waals surface area contributed by atoms with E-state index in [1.54, 1.807) is 6.20 Å². The molecule has 1 amide bonds. The van der Waals surface area contributed by atoms with Crippen LogP contribution in [0.3, 0.4) is 0 Å². The minimum absolute atomic E-state index is 0.143. The zero-order valence-electron chi connectivity index (χ0n) is 21.3. The Labute approximate surface area is 222 Å². The monoisotopic (exact) mass is 517 g/mol.